The Morgan fingerprint density at radius 1 is 1.05 bits per heavy atom. The van der Waals surface area contributed by atoms with E-state index in [0.29, 0.717) is 16.9 Å². The van der Waals surface area contributed by atoms with Crippen LogP contribution in [0.2, 0.25) is 0 Å². The Hall–Kier alpha value is -2.27. The van der Waals surface area contributed by atoms with Gasteiger partial charge in [-0.1, -0.05) is 54.2 Å². The van der Waals surface area contributed by atoms with Gasteiger partial charge in [0.05, 0.1) is 6.26 Å². The summed E-state index contributed by atoms with van der Waals surface area (Å²) in [6.07, 6.45) is 5.71. The van der Waals surface area contributed by atoms with E-state index in [1.54, 1.807) is 18.4 Å². The van der Waals surface area contributed by atoms with Crippen LogP contribution in [0.4, 0.5) is 0 Å². The van der Waals surface area contributed by atoms with E-state index in [-0.39, 0.29) is 0 Å². The number of hydrogen-bond acceptors (Lipinski definition) is 5. The molecular weight excluding hydrogens is 272 g/mol. The second-order valence-corrected chi connectivity index (χ2v) is 4.95. The van der Waals surface area contributed by atoms with Gasteiger partial charge in [0.2, 0.25) is 0 Å². The standard InChI is InChI=1S/C15H12N2O2S/c1-2-6-12(7-3-1)8-5-11-20-15-17-16-14(19-15)13-9-4-10-18-13/h1-10H,11H2. The zero-order valence-corrected chi connectivity index (χ0v) is 11.4. The highest BCUT2D eigenvalue weighted by molar-refractivity contribution is 7.99. The van der Waals surface area contributed by atoms with E-state index in [1.165, 1.54) is 17.3 Å². The summed E-state index contributed by atoms with van der Waals surface area (Å²) in [6, 6.07) is 13.7. The Kier molecular flexibility index (Phi) is 3.99. The van der Waals surface area contributed by atoms with Gasteiger partial charge in [0.25, 0.3) is 11.1 Å². The summed E-state index contributed by atoms with van der Waals surface area (Å²) < 4.78 is 10.7. The van der Waals surface area contributed by atoms with Crippen molar-refractivity contribution in [3.63, 3.8) is 0 Å². The second-order valence-electron chi connectivity index (χ2n) is 3.97. The maximum atomic E-state index is 5.49. The number of hydrogen-bond donors (Lipinski definition) is 0. The van der Waals surface area contributed by atoms with E-state index in [2.05, 4.69) is 34.5 Å². The molecule has 0 saturated heterocycles. The first kappa shape index (κ1) is 12.7. The number of rotatable bonds is 5. The zero-order valence-electron chi connectivity index (χ0n) is 10.6. The third-order valence-electron chi connectivity index (χ3n) is 2.55. The van der Waals surface area contributed by atoms with Crippen LogP contribution in [0.3, 0.4) is 0 Å². The van der Waals surface area contributed by atoms with Crippen molar-refractivity contribution in [2.45, 2.75) is 5.22 Å². The van der Waals surface area contributed by atoms with E-state index in [4.69, 9.17) is 8.83 Å². The largest absolute Gasteiger partial charge is 0.459 e. The lowest BCUT2D eigenvalue weighted by molar-refractivity contribution is 0.447. The molecule has 0 saturated carbocycles. The zero-order chi connectivity index (χ0) is 13.6. The molecule has 2 aromatic heterocycles. The van der Waals surface area contributed by atoms with Crippen LogP contribution in [0.1, 0.15) is 5.56 Å². The Morgan fingerprint density at radius 2 is 1.95 bits per heavy atom. The van der Waals surface area contributed by atoms with E-state index < -0.39 is 0 Å². The minimum atomic E-state index is 0.407. The molecule has 3 aromatic rings. The van der Waals surface area contributed by atoms with Crippen molar-refractivity contribution in [3.8, 4) is 11.7 Å². The molecule has 4 nitrogen and oxygen atoms in total. The molecule has 0 spiro atoms. The Bertz CT molecular complexity index is 675. The fraction of sp³-hybridized carbons (Fsp3) is 0.0667. The van der Waals surface area contributed by atoms with Gasteiger partial charge in [0, 0.05) is 5.75 Å². The molecule has 0 N–H and O–H groups in total. The summed E-state index contributed by atoms with van der Waals surface area (Å²) in [4.78, 5) is 0. The van der Waals surface area contributed by atoms with Gasteiger partial charge >= 0.3 is 0 Å². The molecule has 0 amide bonds. The highest BCUT2D eigenvalue weighted by Gasteiger charge is 2.10. The molecule has 0 bridgehead atoms. The summed E-state index contributed by atoms with van der Waals surface area (Å²) in [7, 11) is 0. The molecule has 0 aliphatic heterocycles. The van der Waals surface area contributed by atoms with Gasteiger partial charge in [-0.15, -0.1) is 10.2 Å². The normalized spacial score (nSPS) is 11.2. The molecule has 0 unspecified atom stereocenters. The van der Waals surface area contributed by atoms with E-state index in [9.17, 15) is 0 Å². The van der Waals surface area contributed by atoms with Crippen molar-refractivity contribution in [2.24, 2.45) is 0 Å². The van der Waals surface area contributed by atoms with Gasteiger partial charge in [0.1, 0.15) is 0 Å². The fourth-order valence-corrected chi connectivity index (χ4v) is 2.21. The van der Waals surface area contributed by atoms with Crippen LogP contribution < -0.4 is 0 Å². The predicted molar refractivity (Wildman–Crippen MR) is 78.2 cm³/mol. The average molecular weight is 284 g/mol. The van der Waals surface area contributed by atoms with Crippen LogP contribution in [0.15, 0.2) is 68.9 Å². The molecule has 20 heavy (non-hydrogen) atoms. The average Bonchev–Trinajstić information content (AvgIpc) is 3.15. The third kappa shape index (κ3) is 3.19. The Balaban J connectivity index is 1.56. The monoisotopic (exact) mass is 284 g/mol. The van der Waals surface area contributed by atoms with Crippen LogP contribution in [0, 0.1) is 0 Å². The molecule has 0 atom stereocenters. The van der Waals surface area contributed by atoms with Gasteiger partial charge in [-0.2, -0.15) is 0 Å². The highest BCUT2D eigenvalue weighted by atomic mass is 32.2. The van der Waals surface area contributed by atoms with Gasteiger partial charge < -0.3 is 8.83 Å². The van der Waals surface area contributed by atoms with Gasteiger partial charge in [-0.3, -0.25) is 0 Å². The van der Waals surface area contributed by atoms with Crippen molar-refractivity contribution in [2.75, 3.05) is 5.75 Å². The van der Waals surface area contributed by atoms with Crippen LogP contribution in [-0.4, -0.2) is 16.0 Å². The topological polar surface area (TPSA) is 52.1 Å². The molecule has 5 heteroatoms. The number of furan rings is 1. The van der Waals surface area contributed by atoms with E-state index in [0.717, 1.165) is 5.75 Å². The molecule has 0 aliphatic carbocycles. The lowest BCUT2D eigenvalue weighted by atomic mass is 10.2. The maximum absolute atomic E-state index is 5.49. The molecule has 1 aromatic carbocycles. The molecular formula is C15H12N2O2S. The van der Waals surface area contributed by atoms with Gasteiger partial charge in [0.15, 0.2) is 5.76 Å². The summed E-state index contributed by atoms with van der Waals surface area (Å²) in [6.45, 7) is 0. The minimum absolute atomic E-state index is 0.407. The molecule has 0 fully saturated rings. The summed E-state index contributed by atoms with van der Waals surface area (Å²) >= 11 is 1.49. The fourth-order valence-electron chi connectivity index (χ4n) is 1.64. The van der Waals surface area contributed by atoms with Gasteiger partial charge in [-0.25, -0.2) is 0 Å². The molecule has 2 heterocycles. The summed E-state index contributed by atoms with van der Waals surface area (Å²) in [5.41, 5.74) is 1.18. The van der Waals surface area contributed by atoms with E-state index >= 15 is 0 Å². The predicted octanol–water partition coefficient (Wildman–Crippen LogP) is 4.14. The van der Waals surface area contributed by atoms with Crippen molar-refractivity contribution in [1.82, 2.24) is 10.2 Å². The first-order valence-corrected chi connectivity index (χ1v) is 7.12. The van der Waals surface area contributed by atoms with Crippen LogP contribution in [-0.2, 0) is 0 Å². The quantitative estimate of drug-likeness (QED) is 0.659. The number of aromatic nitrogens is 2. The van der Waals surface area contributed by atoms with Crippen molar-refractivity contribution >= 4 is 17.8 Å². The van der Waals surface area contributed by atoms with Gasteiger partial charge in [-0.05, 0) is 17.7 Å². The van der Waals surface area contributed by atoms with Crippen molar-refractivity contribution < 1.29 is 8.83 Å². The summed E-state index contributed by atoms with van der Waals surface area (Å²) in [5, 5.41) is 8.45. The minimum Gasteiger partial charge on any atom is -0.459 e. The number of benzene rings is 1. The molecule has 3 rings (SSSR count). The second kappa shape index (κ2) is 6.25. The van der Waals surface area contributed by atoms with Crippen LogP contribution >= 0.6 is 11.8 Å². The van der Waals surface area contributed by atoms with Crippen molar-refractivity contribution in [1.29, 1.82) is 0 Å². The molecule has 100 valence electrons. The van der Waals surface area contributed by atoms with Crippen LogP contribution in [0.5, 0.6) is 0 Å². The highest BCUT2D eigenvalue weighted by Crippen LogP contribution is 2.23. The SMILES string of the molecule is C(=Cc1ccccc1)CSc1nnc(-c2ccco2)o1. The smallest absolute Gasteiger partial charge is 0.284 e. The number of thioether (sulfide) groups is 1. The van der Waals surface area contributed by atoms with Crippen LogP contribution in [0.25, 0.3) is 17.7 Å². The molecule has 0 radical (unpaired) electrons. The van der Waals surface area contributed by atoms with E-state index in [1.807, 2.05) is 18.2 Å². The molecule has 0 aliphatic rings. The Labute approximate surface area is 120 Å². The lowest BCUT2D eigenvalue weighted by Crippen LogP contribution is -1.75. The summed E-state index contributed by atoms with van der Waals surface area (Å²) in [5.74, 6) is 1.77. The Morgan fingerprint density at radius 3 is 2.75 bits per heavy atom. The third-order valence-corrected chi connectivity index (χ3v) is 3.32. The first-order chi connectivity index (χ1) is 9.92. The first-order valence-electron chi connectivity index (χ1n) is 6.13. The lowest BCUT2D eigenvalue weighted by Gasteiger charge is -1.91. The maximum Gasteiger partial charge on any atom is 0.284 e. The number of nitrogens with zero attached hydrogens (tertiary/aromatic N) is 2. The van der Waals surface area contributed by atoms with Crippen molar-refractivity contribution in [3.05, 3.63) is 60.4 Å².